The number of likely N-dealkylation sites (tertiary alicyclic amines) is 1. The van der Waals surface area contributed by atoms with E-state index in [1.165, 1.54) is 0 Å². The van der Waals surface area contributed by atoms with Gasteiger partial charge in [-0.25, -0.2) is 0 Å². The molecule has 0 radical (unpaired) electrons. The summed E-state index contributed by atoms with van der Waals surface area (Å²) in [7, 11) is 0. The van der Waals surface area contributed by atoms with Gasteiger partial charge in [-0.3, -0.25) is 0 Å². The summed E-state index contributed by atoms with van der Waals surface area (Å²) in [5.41, 5.74) is 0. The average molecular weight is 174 g/mol. The molecule has 0 aliphatic carbocycles. The fourth-order valence-corrected chi connectivity index (χ4v) is 1.54. The maximum absolute atomic E-state index is 10.8. The number of carbonyl (C=O) groups excluding carboxylic acids is 1. The Labute approximate surface area is 87.4 Å². The van der Waals surface area contributed by atoms with E-state index in [9.17, 15) is 4.79 Å². The van der Waals surface area contributed by atoms with Gasteiger partial charge in [0.25, 0.3) is 0 Å². The second-order valence-corrected chi connectivity index (χ2v) is 3.38. The smallest absolute Gasteiger partial charge is 2.00 e. The molecule has 0 aromatic heterocycles. The molecule has 1 aliphatic heterocycles. The summed E-state index contributed by atoms with van der Waals surface area (Å²) < 4.78 is 0.213. The molecule has 4 nitrogen and oxygen atoms in total. The minimum atomic E-state index is 0. The number of nitriles is 1. The maximum Gasteiger partial charge on any atom is -2.00 e. The van der Waals surface area contributed by atoms with Crippen LogP contribution in [0, 0.1) is 17.2 Å². The van der Waals surface area contributed by atoms with Gasteiger partial charge in [-0.15, -0.1) is 0 Å². The Kier molecular flexibility index (Phi) is 6.03. The molecule has 0 spiro atoms. The zero-order chi connectivity index (χ0) is 8.97. The van der Waals surface area contributed by atoms with Gasteiger partial charge in [0.05, 0.1) is 0 Å². The van der Waals surface area contributed by atoms with Crippen LogP contribution in [0.5, 0.6) is 0 Å². The summed E-state index contributed by atoms with van der Waals surface area (Å²) in [6.45, 7) is 2.35. The first kappa shape index (κ1) is 12.7. The van der Waals surface area contributed by atoms with Gasteiger partial charge in [0.15, 0.2) is 0 Å². The Morgan fingerprint density at radius 1 is 1.54 bits per heavy atom. The van der Waals surface area contributed by atoms with E-state index in [-0.39, 0.29) is 15.9 Å². The molecule has 1 rings (SSSR count). The first-order valence-electron chi connectivity index (χ1n) is 4.34. The van der Waals surface area contributed by atoms with Crippen molar-refractivity contribution in [1.29, 1.82) is 5.26 Å². The molecule has 0 bridgehead atoms. The summed E-state index contributed by atoms with van der Waals surface area (Å²) in [5.74, 6) is 0.216. The van der Waals surface area contributed by atoms with Gasteiger partial charge < -0.3 is 5.48 Å². The van der Waals surface area contributed by atoms with E-state index in [0.29, 0.717) is 6.54 Å². The Morgan fingerprint density at radius 2 is 2.08 bits per heavy atom. The molecule has 1 saturated heterocycles. The number of carbonyl (C=O) groups is 1. The van der Waals surface area contributed by atoms with E-state index in [2.05, 4.69) is 11.0 Å². The van der Waals surface area contributed by atoms with Crippen molar-refractivity contribution in [3.8, 4) is 6.07 Å². The largest absolute Gasteiger partial charge is 2.00 e. The molecule has 0 aromatic carbocycles. The van der Waals surface area contributed by atoms with E-state index < -0.39 is 0 Å². The van der Waals surface area contributed by atoms with Gasteiger partial charge in [0.2, 0.25) is 0 Å². The van der Waals surface area contributed by atoms with Crippen LogP contribution in [0.1, 0.15) is 12.8 Å². The number of hydrogen-bond acceptors (Lipinski definition) is 3. The van der Waals surface area contributed by atoms with E-state index in [1.807, 2.05) is 0 Å². The predicted octanol–water partition coefficient (Wildman–Crippen LogP) is -0.202. The van der Waals surface area contributed by atoms with E-state index >= 15 is 0 Å². The standard InChI is InChI=1S/C8H11N2O.Li.O/c9-7-8-1-3-10(4-2-8)5-6-11;;/h8H,1-5H2;;/q;;-2. The third kappa shape index (κ3) is 4.45. The van der Waals surface area contributed by atoms with E-state index in [0.717, 1.165) is 25.9 Å². The summed E-state index contributed by atoms with van der Waals surface area (Å²) in [4.78, 5) is 12.9. The first-order valence-corrected chi connectivity index (χ1v) is 4.34. The number of piperidine rings is 1. The van der Waals surface area contributed by atoms with Gasteiger partial charge in [-0.1, -0.05) is 0 Å². The number of nitrogens with zero attached hydrogens (tertiary/aromatic N) is 2. The normalized spacial score (nSPS) is 18.8. The number of rotatable bonds is 2. The van der Waals surface area contributed by atoms with Crippen LogP contribution in [0.15, 0.2) is 0 Å². The molecule has 0 amide bonds. The van der Waals surface area contributed by atoms with Crippen LogP contribution in [-0.2, 0) is 10.3 Å². The predicted molar refractivity (Wildman–Crippen MR) is 46.2 cm³/mol. The molecule has 13 heavy (non-hydrogen) atoms. The molecular weight excluding hydrogens is 163 g/mol. The molecule has 1 fully saturated rings. The van der Waals surface area contributed by atoms with Crippen molar-refractivity contribution in [2.24, 2.45) is 5.92 Å². The molecule has 5 heteroatoms. The fourth-order valence-electron chi connectivity index (χ4n) is 1.54. The fraction of sp³-hybridized carbons (Fsp3) is 0.750. The molecule has 1 aliphatic rings. The number of hydrogen-bond donors (Lipinski definition) is 0. The molecular formula is C8H11LiN2O2-2. The van der Waals surface area contributed by atoms with Crippen LogP contribution in [0.3, 0.4) is 0 Å². The van der Waals surface area contributed by atoms with Crippen molar-refractivity contribution in [2.75, 3.05) is 19.6 Å². The zero-order valence-corrected chi connectivity index (χ0v) is 7.82. The van der Waals surface area contributed by atoms with E-state index in [4.69, 9.17) is 5.26 Å². The van der Waals surface area contributed by atoms with Crippen LogP contribution in [0.4, 0.5) is 0 Å². The molecule has 1 heterocycles. The molecule has 0 aromatic rings. The van der Waals surface area contributed by atoms with Gasteiger partial charge in [0.1, 0.15) is 0 Å². The first-order chi connectivity index (χ1) is 5.72. The van der Waals surface area contributed by atoms with Crippen molar-refractivity contribution >= 4 is 22.2 Å². The SMILES string of the molecule is [Li][C](=O)CN1CCC(C#N)CC1.[O-2]. The van der Waals surface area contributed by atoms with Crippen molar-refractivity contribution in [1.82, 2.24) is 4.90 Å². The molecule has 0 atom stereocenters. The van der Waals surface area contributed by atoms with Crippen molar-refractivity contribution < 1.29 is 10.3 Å². The topological polar surface area (TPSA) is 72.6 Å². The van der Waals surface area contributed by atoms with Crippen LogP contribution < -0.4 is 0 Å². The molecule has 0 N–H and O–H groups in total. The van der Waals surface area contributed by atoms with Crippen LogP contribution >= 0.6 is 0 Å². The second-order valence-electron chi connectivity index (χ2n) is 3.38. The third-order valence-corrected chi connectivity index (χ3v) is 2.22. The monoisotopic (exact) mass is 174 g/mol. The summed E-state index contributed by atoms with van der Waals surface area (Å²) in [6.07, 6.45) is 1.84. The molecule has 68 valence electrons. The Bertz CT molecular complexity index is 207. The summed E-state index contributed by atoms with van der Waals surface area (Å²) in [6, 6.07) is 2.27. The molecule has 0 saturated carbocycles. The minimum Gasteiger partial charge on any atom is -2.00 e. The zero-order valence-electron chi connectivity index (χ0n) is 7.82. The van der Waals surface area contributed by atoms with Crippen LogP contribution in [0.2, 0.25) is 0 Å². The van der Waals surface area contributed by atoms with Crippen LogP contribution in [0.25, 0.3) is 0 Å². The minimum absolute atomic E-state index is 0. The Balaban J connectivity index is 0.00000144. The molecule has 0 unspecified atom stereocenters. The maximum atomic E-state index is 10.8. The Hall–Kier alpha value is -0.323. The average Bonchev–Trinajstić information content (AvgIpc) is 2.05. The van der Waals surface area contributed by atoms with E-state index in [1.54, 1.807) is 17.7 Å². The van der Waals surface area contributed by atoms with Crippen molar-refractivity contribution in [3.05, 3.63) is 0 Å². The van der Waals surface area contributed by atoms with Crippen molar-refractivity contribution in [3.63, 3.8) is 0 Å². The van der Waals surface area contributed by atoms with Gasteiger partial charge in [-0.05, 0) is 0 Å². The quantitative estimate of drug-likeness (QED) is 0.544. The van der Waals surface area contributed by atoms with Crippen LogP contribution in [-0.4, -0.2) is 46.7 Å². The van der Waals surface area contributed by atoms with Gasteiger partial charge in [-0.2, -0.15) is 0 Å². The second kappa shape index (κ2) is 6.18. The van der Waals surface area contributed by atoms with Gasteiger partial charge in [0, 0.05) is 0 Å². The van der Waals surface area contributed by atoms with Crippen molar-refractivity contribution in [2.45, 2.75) is 12.8 Å². The van der Waals surface area contributed by atoms with Gasteiger partial charge >= 0.3 is 81.6 Å². The summed E-state index contributed by atoms with van der Waals surface area (Å²) >= 11 is 1.61. The summed E-state index contributed by atoms with van der Waals surface area (Å²) in [5, 5.41) is 8.62. The third-order valence-electron chi connectivity index (χ3n) is 2.22. The Morgan fingerprint density at radius 3 is 2.46 bits per heavy atom.